The van der Waals surface area contributed by atoms with Gasteiger partial charge in [-0.3, -0.25) is 14.9 Å². The molecule has 0 aromatic rings. The lowest BCUT2D eigenvalue weighted by Crippen LogP contribution is -2.62. The maximum atomic E-state index is 12.2. The smallest absolute Gasteiger partial charge is 0.326 e. The first-order valence-electron chi connectivity index (χ1n) is 5.89. The number of carboxylic acids is 1. The molecular weight excluding hydrogens is 254 g/mol. The van der Waals surface area contributed by atoms with E-state index >= 15 is 0 Å². The Morgan fingerprint density at radius 3 is 2.58 bits per heavy atom. The molecular formula is C11H17N3O5. The highest BCUT2D eigenvalue weighted by Crippen LogP contribution is 2.13. The number of urea groups is 1. The van der Waals surface area contributed by atoms with E-state index in [0.717, 1.165) is 9.80 Å². The summed E-state index contributed by atoms with van der Waals surface area (Å²) in [6, 6.07) is -2.44. The summed E-state index contributed by atoms with van der Waals surface area (Å²) < 4.78 is 0. The second-order valence-electron chi connectivity index (χ2n) is 4.37. The van der Waals surface area contributed by atoms with Gasteiger partial charge in [0.05, 0.1) is 0 Å². The molecule has 106 valence electrons. The normalized spacial score (nSPS) is 20.8. The lowest BCUT2D eigenvalue weighted by atomic mass is 10.1. The number of likely N-dealkylation sites (N-methyl/N-ethyl adjacent to an activating group) is 1. The molecule has 2 N–H and O–H groups in total. The minimum absolute atomic E-state index is 0.250. The Balaban J connectivity index is 2.92. The Kier molecular flexibility index (Phi) is 4.47. The lowest BCUT2D eigenvalue weighted by Gasteiger charge is -2.36. The zero-order chi connectivity index (χ0) is 14.7. The average molecular weight is 271 g/mol. The predicted octanol–water partition coefficient (Wildman–Crippen LogP) is -0.752. The number of carbonyl (C=O) groups excluding carboxylic acids is 3. The molecule has 0 aromatic heterocycles. The molecule has 19 heavy (non-hydrogen) atoms. The topological polar surface area (TPSA) is 107 Å². The van der Waals surface area contributed by atoms with Crippen molar-refractivity contribution in [3.63, 3.8) is 0 Å². The van der Waals surface area contributed by atoms with E-state index in [1.165, 1.54) is 14.0 Å². The van der Waals surface area contributed by atoms with Crippen molar-refractivity contribution in [3.05, 3.63) is 0 Å². The second kappa shape index (κ2) is 5.68. The van der Waals surface area contributed by atoms with Crippen LogP contribution in [0.15, 0.2) is 0 Å². The Morgan fingerprint density at radius 1 is 1.53 bits per heavy atom. The first kappa shape index (κ1) is 14.9. The number of piperazine rings is 1. The van der Waals surface area contributed by atoms with Crippen LogP contribution in [-0.2, 0) is 14.4 Å². The quantitative estimate of drug-likeness (QED) is 0.657. The molecule has 2 unspecified atom stereocenters. The Hall–Kier alpha value is -2.12. The minimum Gasteiger partial charge on any atom is -0.480 e. The van der Waals surface area contributed by atoms with Gasteiger partial charge in [-0.1, -0.05) is 6.92 Å². The molecule has 1 saturated heterocycles. The Morgan fingerprint density at radius 2 is 2.11 bits per heavy atom. The van der Waals surface area contributed by atoms with Crippen molar-refractivity contribution in [2.75, 3.05) is 13.6 Å². The van der Waals surface area contributed by atoms with Crippen LogP contribution in [0.5, 0.6) is 0 Å². The van der Waals surface area contributed by atoms with Gasteiger partial charge in [-0.25, -0.2) is 9.59 Å². The predicted molar refractivity (Wildman–Crippen MR) is 64.2 cm³/mol. The largest absolute Gasteiger partial charge is 0.480 e. The number of carboxylic acid groups (broad SMARTS) is 1. The van der Waals surface area contributed by atoms with Gasteiger partial charge < -0.3 is 14.9 Å². The fraction of sp³-hybridized carbons (Fsp3) is 0.636. The van der Waals surface area contributed by atoms with Crippen LogP contribution in [0.2, 0.25) is 0 Å². The monoisotopic (exact) mass is 271 g/mol. The molecule has 1 aliphatic rings. The number of amides is 4. The molecule has 8 nitrogen and oxygen atoms in total. The van der Waals surface area contributed by atoms with Crippen molar-refractivity contribution in [2.45, 2.75) is 32.4 Å². The number of imide groups is 1. The SMILES string of the molecule is CCC1C(=O)NC(=O)CN1C(=O)N(C)C(C)C(=O)O. The van der Waals surface area contributed by atoms with E-state index < -0.39 is 35.9 Å². The van der Waals surface area contributed by atoms with Gasteiger partial charge in [0.2, 0.25) is 11.8 Å². The summed E-state index contributed by atoms with van der Waals surface area (Å²) in [5.74, 6) is -2.26. The van der Waals surface area contributed by atoms with Crippen molar-refractivity contribution in [1.29, 1.82) is 0 Å². The van der Waals surface area contributed by atoms with Crippen molar-refractivity contribution in [1.82, 2.24) is 15.1 Å². The number of rotatable bonds is 3. The first-order chi connectivity index (χ1) is 8.79. The van der Waals surface area contributed by atoms with Gasteiger partial charge in [0.1, 0.15) is 18.6 Å². The Bertz CT molecular complexity index is 423. The van der Waals surface area contributed by atoms with E-state index in [-0.39, 0.29) is 6.54 Å². The van der Waals surface area contributed by atoms with Crippen molar-refractivity contribution < 1.29 is 24.3 Å². The van der Waals surface area contributed by atoms with Gasteiger partial charge >= 0.3 is 12.0 Å². The highest BCUT2D eigenvalue weighted by Gasteiger charge is 2.38. The molecule has 1 fully saturated rings. The third-order valence-electron chi connectivity index (χ3n) is 3.13. The molecule has 0 saturated carbocycles. The number of nitrogens with zero attached hydrogens (tertiary/aromatic N) is 2. The van der Waals surface area contributed by atoms with Crippen LogP contribution in [0.1, 0.15) is 20.3 Å². The number of aliphatic carboxylic acids is 1. The minimum atomic E-state index is -1.16. The highest BCUT2D eigenvalue weighted by atomic mass is 16.4. The summed E-state index contributed by atoms with van der Waals surface area (Å²) in [6.45, 7) is 2.81. The second-order valence-corrected chi connectivity index (χ2v) is 4.37. The molecule has 1 rings (SSSR count). The molecule has 0 aromatic carbocycles. The average Bonchev–Trinajstić information content (AvgIpc) is 2.35. The van der Waals surface area contributed by atoms with Crippen LogP contribution in [0.3, 0.4) is 0 Å². The van der Waals surface area contributed by atoms with E-state index in [1.54, 1.807) is 6.92 Å². The number of hydrogen-bond acceptors (Lipinski definition) is 4. The number of hydrogen-bond donors (Lipinski definition) is 2. The molecule has 1 aliphatic heterocycles. The van der Waals surface area contributed by atoms with E-state index in [0.29, 0.717) is 6.42 Å². The third-order valence-corrected chi connectivity index (χ3v) is 3.13. The van der Waals surface area contributed by atoms with Crippen molar-refractivity contribution in [3.8, 4) is 0 Å². The van der Waals surface area contributed by atoms with E-state index in [9.17, 15) is 19.2 Å². The van der Waals surface area contributed by atoms with Gasteiger partial charge in [0, 0.05) is 7.05 Å². The number of nitrogens with one attached hydrogen (secondary N) is 1. The molecule has 2 atom stereocenters. The van der Waals surface area contributed by atoms with Gasteiger partial charge in [-0.15, -0.1) is 0 Å². The molecule has 4 amide bonds. The standard InChI is InChI=1S/C11H17N3O5/c1-4-7-9(16)12-8(15)5-14(7)11(19)13(3)6(2)10(17)18/h6-7H,4-5H2,1-3H3,(H,17,18)(H,12,15,16). The first-order valence-corrected chi connectivity index (χ1v) is 5.89. The van der Waals surface area contributed by atoms with Crippen molar-refractivity contribution >= 4 is 23.8 Å². The Labute approximate surface area is 110 Å². The van der Waals surface area contributed by atoms with Crippen LogP contribution >= 0.6 is 0 Å². The fourth-order valence-electron chi connectivity index (χ4n) is 1.81. The summed E-state index contributed by atoms with van der Waals surface area (Å²) in [6.07, 6.45) is 0.347. The van der Waals surface area contributed by atoms with Crippen LogP contribution in [0.4, 0.5) is 4.79 Å². The molecule has 8 heteroatoms. The summed E-state index contributed by atoms with van der Waals surface area (Å²) in [5, 5.41) is 11.0. The van der Waals surface area contributed by atoms with Crippen LogP contribution in [-0.4, -0.2) is 64.4 Å². The zero-order valence-corrected chi connectivity index (χ0v) is 11.0. The summed E-state index contributed by atoms with van der Waals surface area (Å²) >= 11 is 0. The van der Waals surface area contributed by atoms with Crippen molar-refractivity contribution in [2.24, 2.45) is 0 Å². The van der Waals surface area contributed by atoms with Gasteiger partial charge in [0.25, 0.3) is 0 Å². The van der Waals surface area contributed by atoms with E-state index in [1.807, 2.05) is 0 Å². The van der Waals surface area contributed by atoms with E-state index in [4.69, 9.17) is 5.11 Å². The zero-order valence-electron chi connectivity index (χ0n) is 11.0. The fourth-order valence-corrected chi connectivity index (χ4v) is 1.81. The van der Waals surface area contributed by atoms with Gasteiger partial charge in [-0.05, 0) is 13.3 Å². The summed E-state index contributed by atoms with van der Waals surface area (Å²) in [4.78, 5) is 48.0. The molecule has 0 spiro atoms. The molecule has 1 heterocycles. The third kappa shape index (κ3) is 3.01. The summed E-state index contributed by atoms with van der Waals surface area (Å²) in [7, 11) is 1.32. The maximum Gasteiger partial charge on any atom is 0.326 e. The van der Waals surface area contributed by atoms with Gasteiger partial charge in [-0.2, -0.15) is 0 Å². The van der Waals surface area contributed by atoms with Crippen LogP contribution in [0.25, 0.3) is 0 Å². The molecule has 0 radical (unpaired) electrons. The van der Waals surface area contributed by atoms with Crippen LogP contribution in [0, 0.1) is 0 Å². The number of carbonyl (C=O) groups is 4. The summed E-state index contributed by atoms with van der Waals surface area (Å²) in [5.41, 5.74) is 0. The van der Waals surface area contributed by atoms with E-state index in [2.05, 4.69) is 5.32 Å². The molecule has 0 bridgehead atoms. The maximum absolute atomic E-state index is 12.2. The highest BCUT2D eigenvalue weighted by molar-refractivity contribution is 6.04. The molecule has 0 aliphatic carbocycles. The van der Waals surface area contributed by atoms with Crippen LogP contribution < -0.4 is 5.32 Å². The lowest BCUT2D eigenvalue weighted by molar-refractivity contribution is -0.141. The van der Waals surface area contributed by atoms with Gasteiger partial charge in [0.15, 0.2) is 0 Å².